The molecule has 0 aliphatic carbocycles. The summed E-state index contributed by atoms with van der Waals surface area (Å²) in [7, 11) is 0. The van der Waals surface area contributed by atoms with Crippen LogP contribution in [0.4, 0.5) is 4.79 Å². The van der Waals surface area contributed by atoms with Crippen molar-refractivity contribution in [1.82, 2.24) is 25.0 Å². The van der Waals surface area contributed by atoms with E-state index in [1.54, 1.807) is 22.2 Å². The fraction of sp³-hybridized carbons (Fsp3) is 0.375. The lowest BCUT2D eigenvalue weighted by Gasteiger charge is -2.41. The predicted molar refractivity (Wildman–Crippen MR) is 121 cm³/mol. The van der Waals surface area contributed by atoms with Gasteiger partial charge in [-0.3, -0.25) is 24.7 Å². The predicted octanol–water partition coefficient (Wildman–Crippen LogP) is 1.29. The van der Waals surface area contributed by atoms with Crippen molar-refractivity contribution in [2.45, 2.75) is 25.8 Å². The molecule has 1 aromatic carbocycles. The molecule has 9 nitrogen and oxygen atoms in total. The van der Waals surface area contributed by atoms with Crippen LogP contribution in [0.5, 0.6) is 0 Å². The van der Waals surface area contributed by atoms with E-state index in [-0.39, 0.29) is 24.9 Å². The Bertz CT molecular complexity index is 1040. The van der Waals surface area contributed by atoms with Crippen molar-refractivity contribution in [1.29, 1.82) is 0 Å². The molecule has 2 aromatic rings. The van der Waals surface area contributed by atoms with Crippen LogP contribution in [-0.4, -0.2) is 82.2 Å². The van der Waals surface area contributed by atoms with Crippen LogP contribution in [0, 0.1) is 0 Å². The molecule has 1 atom stereocenters. The van der Waals surface area contributed by atoms with Crippen molar-refractivity contribution in [3.8, 4) is 11.1 Å². The largest absolute Gasteiger partial charge is 0.339 e. The second-order valence-electron chi connectivity index (χ2n) is 8.27. The number of nitrogens with zero attached hydrogens (tertiary/aromatic N) is 4. The maximum absolute atomic E-state index is 13.3. The van der Waals surface area contributed by atoms with Crippen LogP contribution in [0.15, 0.2) is 48.8 Å². The van der Waals surface area contributed by atoms with E-state index < -0.39 is 18.0 Å². The van der Waals surface area contributed by atoms with Crippen LogP contribution < -0.4 is 5.32 Å². The van der Waals surface area contributed by atoms with Gasteiger partial charge in [0.1, 0.15) is 19.1 Å². The van der Waals surface area contributed by atoms with E-state index in [1.807, 2.05) is 43.3 Å². The van der Waals surface area contributed by atoms with Gasteiger partial charge in [-0.1, -0.05) is 31.2 Å². The van der Waals surface area contributed by atoms with E-state index >= 15 is 0 Å². The summed E-state index contributed by atoms with van der Waals surface area (Å²) >= 11 is 0. The first-order valence-corrected chi connectivity index (χ1v) is 11.1. The number of piperazine rings is 1. The van der Waals surface area contributed by atoms with Crippen LogP contribution in [0.1, 0.15) is 18.9 Å². The maximum atomic E-state index is 13.3. The minimum absolute atomic E-state index is 0.0865. The molecule has 0 radical (unpaired) electrons. The molecule has 2 aliphatic rings. The molecule has 0 spiro atoms. The van der Waals surface area contributed by atoms with Crippen LogP contribution in [0.2, 0.25) is 0 Å². The van der Waals surface area contributed by atoms with E-state index in [4.69, 9.17) is 0 Å². The van der Waals surface area contributed by atoms with Gasteiger partial charge in [0.2, 0.25) is 17.7 Å². The zero-order valence-corrected chi connectivity index (χ0v) is 18.6. The lowest BCUT2D eigenvalue weighted by atomic mass is 9.98. The van der Waals surface area contributed by atoms with Crippen molar-refractivity contribution in [3.05, 3.63) is 54.4 Å². The average Bonchev–Trinajstić information content (AvgIpc) is 3.14. The number of aromatic nitrogens is 1. The first-order valence-electron chi connectivity index (χ1n) is 11.1. The molecule has 0 unspecified atom stereocenters. The highest BCUT2D eigenvalue weighted by Gasteiger charge is 2.39. The normalized spacial score (nSPS) is 18.6. The molecule has 33 heavy (non-hydrogen) atoms. The van der Waals surface area contributed by atoms with Gasteiger partial charge in [-0.15, -0.1) is 0 Å². The molecule has 0 bridgehead atoms. The third kappa shape index (κ3) is 5.02. The molecule has 9 heteroatoms. The summed E-state index contributed by atoms with van der Waals surface area (Å²) < 4.78 is 0. The second-order valence-corrected chi connectivity index (χ2v) is 8.27. The number of hydrogen-bond donors (Lipinski definition) is 1. The van der Waals surface area contributed by atoms with Gasteiger partial charge in [0.05, 0.1) is 0 Å². The van der Waals surface area contributed by atoms with Crippen molar-refractivity contribution in [2.24, 2.45) is 0 Å². The van der Waals surface area contributed by atoms with Crippen molar-refractivity contribution in [3.63, 3.8) is 0 Å². The number of pyridine rings is 1. The van der Waals surface area contributed by atoms with Gasteiger partial charge in [0.25, 0.3) is 0 Å². The summed E-state index contributed by atoms with van der Waals surface area (Å²) in [5, 5.41) is 2.18. The summed E-state index contributed by atoms with van der Waals surface area (Å²) in [5.74, 6) is -0.846. The van der Waals surface area contributed by atoms with E-state index in [0.717, 1.165) is 23.1 Å². The number of benzene rings is 1. The van der Waals surface area contributed by atoms with Crippen molar-refractivity contribution < 1.29 is 19.2 Å². The Hall–Kier alpha value is -3.75. The third-order valence-electron chi connectivity index (χ3n) is 5.99. The second kappa shape index (κ2) is 9.81. The summed E-state index contributed by atoms with van der Waals surface area (Å²) in [6.45, 7) is 3.14. The van der Waals surface area contributed by atoms with Gasteiger partial charge in [-0.25, -0.2) is 4.79 Å². The van der Waals surface area contributed by atoms with Crippen molar-refractivity contribution >= 4 is 23.8 Å². The first kappa shape index (κ1) is 22.4. The molecule has 4 rings (SSSR count). The van der Waals surface area contributed by atoms with E-state index in [9.17, 15) is 19.2 Å². The monoisotopic (exact) mass is 449 g/mol. The molecule has 0 saturated carbocycles. The van der Waals surface area contributed by atoms with E-state index in [1.165, 1.54) is 4.90 Å². The van der Waals surface area contributed by atoms with Crippen LogP contribution >= 0.6 is 0 Å². The van der Waals surface area contributed by atoms with Crippen molar-refractivity contribution in [2.75, 3.05) is 32.7 Å². The Morgan fingerprint density at radius 3 is 2.33 bits per heavy atom. The molecular formula is C24H27N5O4. The van der Waals surface area contributed by atoms with Gasteiger partial charge in [0, 0.05) is 38.4 Å². The zero-order valence-electron chi connectivity index (χ0n) is 18.6. The number of carbonyl (C=O) groups is 4. The number of imide groups is 1. The van der Waals surface area contributed by atoms with E-state index in [2.05, 4.69) is 10.3 Å². The number of carbonyl (C=O) groups excluding carboxylic acids is 4. The topological polar surface area (TPSA) is 103 Å². The highest BCUT2D eigenvalue weighted by Crippen LogP contribution is 2.22. The summed E-state index contributed by atoms with van der Waals surface area (Å²) in [5.41, 5.74) is 3.03. The Labute approximate surface area is 192 Å². The van der Waals surface area contributed by atoms with Crippen LogP contribution in [0.3, 0.4) is 0 Å². The Morgan fingerprint density at radius 2 is 1.70 bits per heavy atom. The van der Waals surface area contributed by atoms with Gasteiger partial charge >= 0.3 is 6.03 Å². The van der Waals surface area contributed by atoms with Gasteiger partial charge in [-0.05, 0) is 35.2 Å². The standard InChI is InChI=1S/C24H27N5O4/c1-2-11-27-12-13-29(22(31)16-28-15-21(30)26-24(28)33)20(23(27)32)14-17-3-5-18(6-4-17)19-7-9-25-10-8-19/h3-10,20H,2,11-16H2,1H3,(H,26,30,33)/t20-/m1/s1. The lowest BCUT2D eigenvalue weighted by Crippen LogP contribution is -2.61. The fourth-order valence-corrected chi connectivity index (χ4v) is 4.29. The van der Waals surface area contributed by atoms with Gasteiger partial charge in [0.15, 0.2) is 0 Å². The number of hydrogen-bond acceptors (Lipinski definition) is 5. The smallest absolute Gasteiger partial charge is 0.325 e. The van der Waals surface area contributed by atoms with E-state index in [0.29, 0.717) is 26.1 Å². The number of urea groups is 1. The SMILES string of the molecule is CCCN1CCN(C(=O)CN2CC(=O)NC2=O)[C@H](Cc2ccc(-c3ccncc3)cc2)C1=O. The Balaban J connectivity index is 1.51. The lowest BCUT2D eigenvalue weighted by molar-refractivity contribution is -0.151. The summed E-state index contributed by atoms with van der Waals surface area (Å²) in [6, 6.07) is 10.6. The molecule has 5 amide bonds. The number of nitrogens with one attached hydrogen (secondary N) is 1. The quantitative estimate of drug-likeness (QED) is 0.642. The number of amides is 5. The highest BCUT2D eigenvalue weighted by molar-refractivity contribution is 6.03. The molecule has 2 saturated heterocycles. The van der Waals surface area contributed by atoms with Gasteiger partial charge < -0.3 is 14.7 Å². The number of rotatable bonds is 7. The summed E-state index contributed by atoms with van der Waals surface area (Å²) in [6.07, 6.45) is 4.70. The molecule has 172 valence electrons. The Morgan fingerprint density at radius 1 is 1.00 bits per heavy atom. The molecule has 3 heterocycles. The minimum atomic E-state index is -0.647. The molecule has 1 N–H and O–H groups in total. The maximum Gasteiger partial charge on any atom is 0.325 e. The molecule has 2 aliphatic heterocycles. The molecule has 2 fully saturated rings. The van der Waals surface area contributed by atoms with Crippen LogP contribution in [0.25, 0.3) is 11.1 Å². The molecular weight excluding hydrogens is 422 g/mol. The first-order chi connectivity index (χ1) is 16.0. The van der Waals surface area contributed by atoms with Gasteiger partial charge in [-0.2, -0.15) is 0 Å². The molecule has 1 aromatic heterocycles. The fourth-order valence-electron chi connectivity index (χ4n) is 4.29. The van der Waals surface area contributed by atoms with Crippen LogP contribution in [-0.2, 0) is 20.8 Å². The average molecular weight is 450 g/mol. The zero-order chi connectivity index (χ0) is 23.4. The summed E-state index contributed by atoms with van der Waals surface area (Å²) in [4.78, 5) is 58.2. The minimum Gasteiger partial charge on any atom is -0.339 e. The highest BCUT2D eigenvalue weighted by atomic mass is 16.2. The Kier molecular flexibility index (Phi) is 6.67. The third-order valence-corrected chi connectivity index (χ3v) is 5.99.